The van der Waals surface area contributed by atoms with Crippen LogP contribution in [0.25, 0.3) is 0 Å². The molecule has 5 nitrogen and oxygen atoms in total. The summed E-state index contributed by atoms with van der Waals surface area (Å²) in [5, 5.41) is 2.19. The van der Waals surface area contributed by atoms with Crippen molar-refractivity contribution in [2.45, 2.75) is 19.3 Å². The number of amides is 2. The van der Waals surface area contributed by atoms with Crippen LogP contribution in [0.3, 0.4) is 0 Å². The number of esters is 1. The number of hydrogen-bond acceptors (Lipinski definition) is 4. The van der Waals surface area contributed by atoms with Crippen LogP contribution in [-0.2, 0) is 19.7 Å². The summed E-state index contributed by atoms with van der Waals surface area (Å²) in [6.07, 6.45) is 0. The smallest absolute Gasteiger partial charge is 0.325 e. The summed E-state index contributed by atoms with van der Waals surface area (Å²) in [6, 6.07) is 6.54. The second kappa shape index (κ2) is 4.25. The highest BCUT2D eigenvalue weighted by Gasteiger charge is 2.50. The molecule has 0 fully saturated rings. The number of rotatable bonds is 2. The van der Waals surface area contributed by atoms with E-state index in [0.29, 0.717) is 11.1 Å². The molecule has 0 radical (unpaired) electrons. The fourth-order valence-electron chi connectivity index (χ4n) is 2.01. The van der Waals surface area contributed by atoms with Crippen LogP contribution in [0.15, 0.2) is 24.3 Å². The largest absolute Gasteiger partial charge is 0.465 e. The van der Waals surface area contributed by atoms with Gasteiger partial charge in [-0.2, -0.15) is 0 Å². The summed E-state index contributed by atoms with van der Waals surface area (Å²) in [5.74, 6) is -1.79. The first-order valence-corrected chi connectivity index (χ1v) is 5.64. The SMILES string of the molecule is CCOC(=O)[C@]1(C)C(=O)NC(=O)c2ccccc21. The van der Waals surface area contributed by atoms with Gasteiger partial charge >= 0.3 is 5.97 Å². The van der Waals surface area contributed by atoms with Gasteiger partial charge in [0.15, 0.2) is 5.41 Å². The van der Waals surface area contributed by atoms with Crippen LogP contribution < -0.4 is 5.32 Å². The Bertz CT molecular complexity index is 538. The van der Waals surface area contributed by atoms with Crippen molar-refractivity contribution >= 4 is 17.8 Å². The van der Waals surface area contributed by atoms with Crippen LogP contribution in [0.2, 0.25) is 0 Å². The van der Waals surface area contributed by atoms with E-state index in [0.717, 1.165) is 0 Å². The van der Waals surface area contributed by atoms with Crippen LogP contribution >= 0.6 is 0 Å². The van der Waals surface area contributed by atoms with Gasteiger partial charge in [-0.25, -0.2) is 0 Å². The topological polar surface area (TPSA) is 72.5 Å². The zero-order chi connectivity index (χ0) is 13.3. The third-order valence-corrected chi connectivity index (χ3v) is 3.08. The lowest BCUT2D eigenvalue weighted by Gasteiger charge is -2.31. The normalized spacial score (nSPS) is 22.1. The summed E-state index contributed by atoms with van der Waals surface area (Å²) in [6.45, 7) is 3.31. The van der Waals surface area contributed by atoms with Gasteiger partial charge in [-0.05, 0) is 25.5 Å². The standard InChI is InChI=1S/C13H13NO4/c1-3-18-12(17)13(2)9-7-5-4-6-8(9)10(15)14-11(13)16/h4-7H,3H2,1-2H3,(H,14,15,16)/t13-/m0/s1. The Balaban J connectivity index is 2.60. The van der Waals surface area contributed by atoms with E-state index in [1.807, 2.05) is 0 Å². The molecule has 0 saturated carbocycles. The molecule has 1 N–H and O–H groups in total. The number of benzene rings is 1. The maximum absolute atomic E-state index is 12.0. The lowest BCUT2D eigenvalue weighted by atomic mass is 9.76. The highest BCUT2D eigenvalue weighted by Crippen LogP contribution is 2.32. The van der Waals surface area contributed by atoms with Gasteiger partial charge in [0.1, 0.15) is 0 Å². The molecule has 5 heteroatoms. The Kier molecular flexibility index (Phi) is 2.90. The summed E-state index contributed by atoms with van der Waals surface area (Å²) < 4.78 is 4.94. The highest BCUT2D eigenvalue weighted by atomic mass is 16.5. The van der Waals surface area contributed by atoms with Gasteiger partial charge in [-0.3, -0.25) is 19.7 Å². The Morgan fingerprint density at radius 2 is 2.00 bits per heavy atom. The van der Waals surface area contributed by atoms with Crippen LogP contribution in [0.1, 0.15) is 29.8 Å². The molecule has 0 saturated heterocycles. The van der Waals surface area contributed by atoms with Gasteiger partial charge in [0.2, 0.25) is 5.91 Å². The number of carbonyl (C=O) groups excluding carboxylic acids is 3. The molecule has 1 aliphatic heterocycles. The summed E-state index contributed by atoms with van der Waals surface area (Å²) in [4.78, 5) is 35.7. The minimum Gasteiger partial charge on any atom is -0.465 e. The number of carbonyl (C=O) groups is 3. The molecule has 2 rings (SSSR count). The van der Waals surface area contributed by atoms with Crippen LogP contribution in [0.4, 0.5) is 0 Å². The van der Waals surface area contributed by atoms with E-state index >= 15 is 0 Å². The monoisotopic (exact) mass is 247 g/mol. The van der Waals surface area contributed by atoms with Gasteiger partial charge in [-0.15, -0.1) is 0 Å². The lowest BCUT2D eigenvalue weighted by molar-refractivity contribution is -0.154. The molecule has 0 spiro atoms. The molecule has 0 aromatic heterocycles. The maximum Gasteiger partial charge on any atom is 0.325 e. The number of ether oxygens (including phenoxy) is 1. The minimum absolute atomic E-state index is 0.178. The average molecular weight is 247 g/mol. The highest BCUT2D eigenvalue weighted by molar-refractivity contribution is 6.20. The molecule has 1 heterocycles. The van der Waals surface area contributed by atoms with Gasteiger partial charge in [0.05, 0.1) is 6.61 Å². The Labute approximate surface area is 104 Å². The zero-order valence-corrected chi connectivity index (χ0v) is 10.1. The van der Waals surface area contributed by atoms with Crippen molar-refractivity contribution in [2.75, 3.05) is 6.61 Å². The minimum atomic E-state index is -1.47. The van der Waals surface area contributed by atoms with Gasteiger partial charge in [0.25, 0.3) is 5.91 Å². The molecule has 94 valence electrons. The first-order valence-electron chi connectivity index (χ1n) is 5.64. The average Bonchev–Trinajstić information content (AvgIpc) is 2.36. The van der Waals surface area contributed by atoms with Crippen molar-refractivity contribution in [1.29, 1.82) is 0 Å². The quantitative estimate of drug-likeness (QED) is 0.476. The van der Waals surface area contributed by atoms with E-state index in [9.17, 15) is 14.4 Å². The lowest BCUT2D eigenvalue weighted by Crippen LogP contribution is -2.55. The van der Waals surface area contributed by atoms with Gasteiger partial charge in [0, 0.05) is 5.56 Å². The third-order valence-electron chi connectivity index (χ3n) is 3.08. The summed E-state index contributed by atoms with van der Waals surface area (Å²) >= 11 is 0. The molecule has 0 unspecified atom stereocenters. The van der Waals surface area contributed by atoms with E-state index in [1.165, 1.54) is 6.92 Å². The Morgan fingerprint density at radius 3 is 2.67 bits per heavy atom. The van der Waals surface area contributed by atoms with Crippen molar-refractivity contribution in [1.82, 2.24) is 5.32 Å². The second-order valence-electron chi connectivity index (χ2n) is 4.17. The predicted molar refractivity (Wildman–Crippen MR) is 62.9 cm³/mol. The van der Waals surface area contributed by atoms with Crippen molar-refractivity contribution in [3.8, 4) is 0 Å². The molecule has 1 aromatic rings. The van der Waals surface area contributed by atoms with Crippen molar-refractivity contribution in [2.24, 2.45) is 0 Å². The number of nitrogens with one attached hydrogen (secondary N) is 1. The fraction of sp³-hybridized carbons (Fsp3) is 0.308. The zero-order valence-electron chi connectivity index (χ0n) is 10.1. The van der Waals surface area contributed by atoms with Gasteiger partial charge in [-0.1, -0.05) is 18.2 Å². The predicted octanol–water partition coefficient (Wildman–Crippen LogP) is 0.777. The molecule has 1 aliphatic rings. The van der Waals surface area contributed by atoms with Crippen molar-refractivity contribution in [3.05, 3.63) is 35.4 Å². The molecule has 2 amide bonds. The third kappa shape index (κ3) is 1.59. The maximum atomic E-state index is 12.0. The first kappa shape index (κ1) is 12.3. The van der Waals surface area contributed by atoms with Crippen LogP contribution in [0, 0.1) is 0 Å². The van der Waals surface area contributed by atoms with Crippen molar-refractivity contribution in [3.63, 3.8) is 0 Å². The molecule has 1 aromatic carbocycles. The van der Waals surface area contributed by atoms with E-state index in [1.54, 1.807) is 31.2 Å². The number of hydrogen-bond donors (Lipinski definition) is 1. The second-order valence-corrected chi connectivity index (χ2v) is 4.17. The molecule has 0 bridgehead atoms. The number of imide groups is 1. The molecule has 1 atom stereocenters. The van der Waals surface area contributed by atoms with Crippen LogP contribution in [0.5, 0.6) is 0 Å². The Hall–Kier alpha value is -2.17. The van der Waals surface area contributed by atoms with Crippen LogP contribution in [-0.4, -0.2) is 24.4 Å². The van der Waals surface area contributed by atoms with E-state index in [2.05, 4.69) is 5.32 Å². The summed E-state index contributed by atoms with van der Waals surface area (Å²) in [5.41, 5.74) is -0.759. The van der Waals surface area contributed by atoms with E-state index < -0.39 is 23.2 Å². The first-order chi connectivity index (χ1) is 8.51. The molecular formula is C13H13NO4. The summed E-state index contributed by atoms with van der Waals surface area (Å²) in [7, 11) is 0. The molecule has 0 aliphatic carbocycles. The number of fused-ring (bicyclic) bond motifs is 1. The molecule has 18 heavy (non-hydrogen) atoms. The van der Waals surface area contributed by atoms with E-state index in [-0.39, 0.29) is 6.61 Å². The van der Waals surface area contributed by atoms with Gasteiger partial charge < -0.3 is 4.74 Å². The fourth-order valence-corrected chi connectivity index (χ4v) is 2.01. The van der Waals surface area contributed by atoms with E-state index in [4.69, 9.17) is 4.74 Å². The molecular weight excluding hydrogens is 234 g/mol. The Morgan fingerprint density at radius 1 is 1.33 bits per heavy atom. The van der Waals surface area contributed by atoms with Crippen molar-refractivity contribution < 1.29 is 19.1 Å².